The first-order chi connectivity index (χ1) is 13.5. The lowest BCUT2D eigenvalue weighted by Crippen LogP contribution is -2.28. The van der Waals surface area contributed by atoms with Crippen LogP contribution in [0, 0.1) is 11.6 Å². The Balaban J connectivity index is 1.70. The quantitative estimate of drug-likeness (QED) is 0.605. The highest BCUT2D eigenvalue weighted by Crippen LogP contribution is 2.35. The summed E-state index contributed by atoms with van der Waals surface area (Å²) in [5, 5.41) is 2.76. The maximum Gasteiger partial charge on any atom is 0.230 e. The molecule has 0 bridgehead atoms. The largest absolute Gasteiger partial charge is 0.349 e. The molecule has 1 aromatic heterocycles. The summed E-state index contributed by atoms with van der Waals surface area (Å²) in [5.41, 5.74) is 2.68. The number of nitrogens with zero attached hydrogens (tertiary/aromatic N) is 1. The van der Waals surface area contributed by atoms with Crippen molar-refractivity contribution in [3.63, 3.8) is 0 Å². The van der Waals surface area contributed by atoms with E-state index in [9.17, 15) is 13.6 Å². The number of benzene rings is 2. The number of carbonyl (C=O) groups is 1. The van der Waals surface area contributed by atoms with Gasteiger partial charge < -0.3 is 5.32 Å². The van der Waals surface area contributed by atoms with Crippen molar-refractivity contribution < 1.29 is 13.6 Å². The molecule has 0 saturated heterocycles. The van der Waals surface area contributed by atoms with Gasteiger partial charge in [0, 0.05) is 12.4 Å². The Hall–Kier alpha value is -2.73. The third-order valence-corrected chi connectivity index (χ3v) is 5.62. The molecule has 0 unspecified atom stereocenters. The van der Waals surface area contributed by atoms with E-state index in [-0.39, 0.29) is 34.6 Å². The number of hydrogen-bond acceptors (Lipinski definition) is 3. The standard InChI is InChI=1S/C22H20F2N2OS/c1-15(16-10-12-25-13-11-16)26-21(27)14-28-22(17-2-6-19(23)7-3-17)18-4-8-20(24)9-5-18/h2-13,15,22H,14H2,1H3,(H,26,27)/t15-/m0/s1. The highest BCUT2D eigenvalue weighted by Gasteiger charge is 2.18. The lowest BCUT2D eigenvalue weighted by molar-refractivity contribution is -0.119. The molecule has 0 spiro atoms. The first-order valence-corrected chi connectivity index (χ1v) is 9.89. The zero-order chi connectivity index (χ0) is 19.9. The van der Waals surface area contributed by atoms with Crippen molar-refractivity contribution in [2.75, 3.05) is 5.75 Å². The average Bonchev–Trinajstić information content (AvgIpc) is 2.71. The van der Waals surface area contributed by atoms with Crippen LogP contribution in [0.2, 0.25) is 0 Å². The first kappa shape index (κ1) is 20.0. The third-order valence-electron chi connectivity index (χ3n) is 4.31. The Labute approximate surface area is 167 Å². The van der Waals surface area contributed by atoms with Gasteiger partial charge in [-0.05, 0) is 60.0 Å². The van der Waals surface area contributed by atoms with Gasteiger partial charge in [0.25, 0.3) is 0 Å². The van der Waals surface area contributed by atoms with E-state index in [1.165, 1.54) is 36.0 Å². The van der Waals surface area contributed by atoms with E-state index >= 15 is 0 Å². The van der Waals surface area contributed by atoms with Crippen molar-refractivity contribution in [1.82, 2.24) is 10.3 Å². The molecule has 0 radical (unpaired) electrons. The van der Waals surface area contributed by atoms with Crippen LogP contribution in [0.25, 0.3) is 0 Å². The molecule has 1 heterocycles. The summed E-state index contributed by atoms with van der Waals surface area (Å²) in [6.45, 7) is 1.91. The topological polar surface area (TPSA) is 42.0 Å². The fraction of sp³-hybridized carbons (Fsp3) is 0.182. The smallest absolute Gasteiger partial charge is 0.230 e. The molecule has 2 aromatic carbocycles. The number of rotatable bonds is 7. The van der Waals surface area contributed by atoms with Crippen LogP contribution in [0.3, 0.4) is 0 Å². The SMILES string of the molecule is C[C@H](NC(=O)CSC(c1ccc(F)cc1)c1ccc(F)cc1)c1ccncc1. The normalized spacial score (nSPS) is 12.0. The molecule has 0 aliphatic rings. The number of carbonyl (C=O) groups excluding carboxylic acids is 1. The summed E-state index contributed by atoms with van der Waals surface area (Å²) in [6, 6.07) is 15.9. The number of pyridine rings is 1. The van der Waals surface area contributed by atoms with E-state index in [4.69, 9.17) is 0 Å². The van der Waals surface area contributed by atoms with Gasteiger partial charge in [0.2, 0.25) is 5.91 Å². The van der Waals surface area contributed by atoms with Gasteiger partial charge in [0.05, 0.1) is 17.0 Å². The number of aromatic nitrogens is 1. The van der Waals surface area contributed by atoms with E-state index in [2.05, 4.69) is 10.3 Å². The molecule has 1 N–H and O–H groups in total. The highest BCUT2D eigenvalue weighted by molar-refractivity contribution is 8.00. The predicted octanol–water partition coefficient (Wildman–Crippen LogP) is 5.06. The van der Waals surface area contributed by atoms with Gasteiger partial charge in [-0.1, -0.05) is 24.3 Å². The second kappa shape index (κ2) is 9.46. The monoisotopic (exact) mass is 398 g/mol. The van der Waals surface area contributed by atoms with Crippen LogP contribution >= 0.6 is 11.8 Å². The first-order valence-electron chi connectivity index (χ1n) is 8.85. The number of halogens is 2. The number of thioether (sulfide) groups is 1. The maximum atomic E-state index is 13.3. The van der Waals surface area contributed by atoms with Crippen molar-refractivity contribution in [3.8, 4) is 0 Å². The number of hydrogen-bond donors (Lipinski definition) is 1. The van der Waals surface area contributed by atoms with Gasteiger partial charge in [0.1, 0.15) is 11.6 Å². The van der Waals surface area contributed by atoms with Gasteiger partial charge in [-0.15, -0.1) is 11.8 Å². The summed E-state index contributed by atoms with van der Waals surface area (Å²) < 4.78 is 26.6. The summed E-state index contributed by atoms with van der Waals surface area (Å²) >= 11 is 1.42. The summed E-state index contributed by atoms with van der Waals surface area (Å²) in [4.78, 5) is 16.4. The van der Waals surface area contributed by atoms with E-state index in [1.54, 1.807) is 36.7 Å². The molecule has 0 aliphatic carbocycles. The maximum absolute atomic E-state index is 13.3. The summed E-state index contributed by atoms with van der Waals surface area (Å²) in [6.07, 6.45) is 3.37. The zero-order valence-corrected chi connectivity index (χ0v) is 16.1. The van der Waals surface area contributed by atoms with Crippen LogP contribution in [-0.4, -0.2) is 16.6 Å². The molecule has 0 fully saturated rings. The molecule has 144 valence electrons. The zero-order valence-electron chi connectivity index (χ0n) is 15.3. The molecule has 3 rings (SSSR count). The second-order valence-electron chi connectivity index (χ2n) is 6.36. The van der Waals surface area contributed by atoms with Gasteiger partial charge in [-0.25, -0.2) is 8.78 Å². The van der Waals surface area contributed by atoms with Crippen molar-refractivity contribution in [2.45, 2.75) is 18.2 Å². The fourth-order valence-corrected chi connectivity index (χ4v) is 3.94. The van der Waals surface area contributed by atoms with Crippen molar-refractivity contribution in [1.29, 1.82) is 0 Å². The Bertz CT molecular complexity index is 857. The van der Waals surface area contributed by atoms with E-state index in [0.29, 0.717) is 0 Å². The van der Waals surface area contributed by atoms with Gasteiger partial charge >= 0.3 is 0 Å². The molecule has 3 aromatic rings. The molecule has 3 nitrogen and oxygen atoms in total. The van der Waals surface area contributed by atoms with Crippen LogP contribution in [-0.2, 0) is 4.79 Å². The molecule has 28 heavy (non-hydrogen) atoms. The van der Waals surface area contributed by atoms with E-state index in [1.807, 2.05) is 19.1 Å². The molecule has 1 atom stereocenters. The average molecular weight is 398 g/mol. The van der Waals surface area contributed by atoms with Crippen LogP contribution in [0.15, 0.2) is 73.1 Å². The number of amides is 1. The minimum Gasteiger partial charge on any atom is -0.349 e. The van der Waals surface area contributed by atoms with Crippen molar-refractivity contribution in [2.24, 2.45) is 0 Å². The second-order valence-corrected chi connectivity index (χ2v) is 7.46. The molecular formula is C22H20F2N2OS. The molecule has 1 amide bonds. The third kappa shape index (κ3) is 5.39. The van der Waals surface area contributed by atoms with E-state index in [0.717, 1.165) is 16.7 Å². The Morgan fingerprint density at radius 2 is 1.39 bits per heavy atom. The minimum atomic E-state index is -0.324. The lowest BCUT2D eigenvalue weighted by atomic mass is 10.0. The van der Waals surface area contributed by atoms with Gasteiger partial charge in [-0.2, -0.15) is 0 Å². The predicted molar refractivity (Wildman–Crippen MR) is 108 cm³/mol. The summed E-state index contributed by atoms with van der Waals surface area (Å²) in [5.74, 6) is -0.538. The number of nitrogens with one attached hydrogen (secondary N) is 1. The van der Waals surface area contributed by atoms with Gasteiger partial charge in [0.15, 0.2) is 0 Å². The van der Waals surface area contributed by atoms with Gasteiger partial charge in [-0.3, -0.25) is 9.78 Å². The van der Waals surface area contributed by atoms with Crippen molar-refractivity contribution >= 4 is 17.7 Å². The minimum absolute atomic E-state index is 0.108. The Morgan fingerprint density at radius 1 is 0.893 bits per heavy atom. The van der Waals surface area contributed by atoms with Crippen LogP contribution in [0.4, 0.5) is 8.78 Å². The Kier molecular flexibility index (Phi) is 6.76. The molecule has 0 saturated carbocycles. The van der Waals surface area contributed by atoms with Crippen LogP contribution < -0.4 is 5.32 Å². The fourth-order valence-electron chi connectivity index (χ4n) is 2.84. The van der Waals surface area contributed by atoms with Crippen LogP contribution in [0.5, 0.6) is 0 Å². The van der Waals surface area contributed by atoms with Crippen LogP contribution in [0.1, 0.15) is 34.9 Å². The van der Waals surface area contributed by atoms with Crippen molar-refractivity contribution in [3.05, 3.63) is 101 Å². The lowest BCUT2D eigenvalue weighted by Gasteiger charge is -2.19. The van der Waals surface area contributed by atoms with E-state index < -0.39 is 0 Å². The molecule has 0 aliphatic heterocycles. The molecular weight excluding hydrogens is 378 g/mol. The Morgan fingerprint density at radius 3 is 1.89 bits per heavy atom. The highest BCUT2D eigenvalue weighted by atomic mass is 32.2. The molecule has 6 heteroatoms. The summed E-state index contributed by atoms with van der Waals surface area (Å²) in [7, 11) is 0.